The molecule has 1 aliphatic carbocycles. The van der Waals surface area contributed by atoms with Gasteiger partial charge in [0.15, 0.2) is 11.5 Å². The van der Waals surface area contributed by atoms with Crippen LogP contribution in [0.4, 0.5) is 5.69 Å². The number of amides is 2. The summed E-state index contributed by atoms with van der Waals surface area (Å²) >= 11 is 0. The zero-order chi connectivity index (χ0) is 24.6. The van der Waals surface area contributed by atoms with Gasteiger partial charge in [-0.15, -0.1) is 0 Å². The number of nitrogens with zero attached hydrogens (tertiary/aromatic N) is 1. The molecule has 186 valence electrons. The number of piperazine rings is 1. The number of aliphatic hydroxyl groups excluding tert-OH is 1. The Labute approximate surface area is 205 Å². The maximum Gasteiger partial charge on any atom is 0.241 e. The molecular weight excluding hydrogens is 446 g/mol. The van der Waals surface area contributed by atoms with Gasteiger partial charge in [0.05, 0.1) is 22.9 Å². The molecule has 1 saturated carbocycles. The Morgan fingerprint density at radius 1 is 1.11 bits per heavy atom. The van der Waals surface area contributed by atoms with Crippen molar-refractivity contribution in [2.75, 3.05) is 11.9 Å². The van der Waals surface area contributed by atoms with Gasteiger partial charge in [0.25, 0.3) is 0 Å². The fraction of sp³-hybridized carbons (Fsp3) is 0.630. The Morgan fingerprint density at radius 3 is 2.71 bits per heavy atom. The molecule has 6 heterocycles. The standard InChI is InChI=1S/C27H33N3O5/c1-23(2)10-12-34-19-16(35-23)8-7-15-18(19)28-21(32)26(15)14-27-17(24(26,3)4)13-25(20(31)29-27)9-5-6-11-30(25)22(27)33/h7-8,10,12,17,22,33H,5-6,9,11,13-14H2,1-4H3,(H,28,32)(H,29,31)/t17-,22-,25-,26+,27-/m0/s1. The Bertz CT molecular complexity index is 1220. The molecule has 2 amide bonds. The lowest BCUT2D eigenvalue weighted by atomic mass is 9.56. The van der Waals surface area contributed by atoms with E-state index in [-0.39, 0.29) is 17.7 Å². The van der Waals surface area contributed by atoms with Gasteiger partial charge in [-0.3, -0.25) is 14.5 Å². The quantitative estimate of drug-likeness (QED) is 0.529. The van der Waals surface area contributed by atoms with E-state index in [0.29, 0.717) is 36.6 Å². The Kier molecular flexibility index (Phi) is 3.85. The lowest BCUT2D eigenvalue weighted by Gasteiger charge is -2.65. The third kappa shape index (κ3) is 2.27. The number of benzene rings is 1. The Morgan fingerprint density at radius 2 is 1.91 bits per heavy atom. The molecule has 8 nitrogen and oxygen atoms in total. The summed E-state index contributed by atoms with van der Waals surface area (Å²) in [5.41, 5.74) is -2.08. The Balaban J connectivity index is 1.41. The number of piperidine rings is 3. The molecule has 3 N–H and O–H groups in total. The molecular formula is C27H33N3O5. The molecule has 35 heavy (non-hydrogen) atoms. The third-order valence-corrected chi connectivity index (χ3v) is 10.2. The minimum Gasteiger partial charge on any atom is -0.480 e. The van der Waals surface area contributed by atoms with Gasteiger partial charge in [0.2, 0.25) is 11.8 Å². The number of hydrogen-bond acceptors (Lipinski definition) is 6. The van der Waals surface area contributed by atoms with Crippen LogP contribution in [0.5, 0.6) is 11.5 Å². The van der Waals surface area contributed by atoms with Crippen LogP contribution in [0.15, 0.2) is 24.5 Å². The van der Waals surface area contributed by atoms with E-state index in [4.69, 9.17) is 9.47 Å². The van der Waals surface area contributed by atoms with Crippen LogP contribution in [0, 0.1) is 11.3 Å². The number of rotatable bonds is 0. The summed E-state index contributed by atoms with van der Waals surface area (Å²) < 4.78 is 12.2. The van der Waals surface area contributed by atoms with E-state index in [1.807, 2.05) is 37.0 Å². The van der Waals surface area contributed by atoms with Gasteiger partial charge in [0.1, 0.15) is 17.4 Å². The average molecular weight is 480 g/mol. The summed E-state index contributed by atoms with van der Waals surface area (Å²) in [6.07, 6.45) is 6.33. The second-order valence-electron chi connectivity index (χ2n) is 12.5. The van der Waals surface area contributed by atoms with Crippen LogP contribution < -0.4 is 20.1 Å². The third-order valence-electron chi connectivity index (χ3n) is 10.2. The first-order valence-corrected chi connectivity index (χ1v) is 12.8. The molecule has 0 aromatic heterocycles. The van der Waals surface area contributed by atoms with E-state index in [2.05, 4.69) is 24.5 Å². The molecule has 8 rings (SSSR count). The van der Waals surface area contributed by atoms with E-state index >= 15 is 0 Å². The first-order chi connectivity index (χ1) is 16.5. The van der Waals surface area contributed by atoms with Gasteiger partial charge in [-0.25, -0.2) is 0 Å². The average Bonchev–Trinajstić information content (AvgIpc) is 3.11. The first-order valence-electron chi connectivity index (χ1n) is 12.8. The van der Waals surface area contributed by atoms with Crippen molar-refractivity contribution in [3.05, 3.63) is 30.0 Å². The predicted octanol–water partition coefficient (Wildman–Crippen LogP) is 2.80. The van der Waals surface area contributed by atoms with Gasteiger partial charge < -0.3 is 25.2 Å². The maximum absolute atomic E-state index is 14.1. The smallest absolute Gasteiger partial charge is 0.241 e. The van der Waals surface area contributed by atoms with Crippen molar-refractivity contribution in [2.45, 2.75) is 88.1 Å². The zero-order valence-corrected chi connectivity index (χ0v) is 20.7. The second-order valence-corrected chi connectivity index (χ2v) is 12.5. The molecule has 5 fully saturated rings. The van der Waals surface area contributed by atoms with Crippen LogP contribution in [0.25, 0.3) is 0 Å². The highest BCUT2D eigenvalue weighted by Crippen LogP contribution is 2.71. The van der Waals surface area contributed by atoms with E-state index < -0.39 is 33.7 Å². The molecule has 4 saturated heterocycles. The number of anilines is 1. The number of carbonyl (C=O) groups is 2. The fourth-order valence-electron chi connectivity index (χ4n) is 8.53. The minimum absolute atomic E-state index is 0.0104. The van der Waals surface area contributed by atoms with E-state index in [0.717, 1.165) is 24.8 Å². The predicted molar refractivity (Wildman–Crippen MR) is 128 cm³/mol. The van der Waals surface area contributed by atoms with Gasteiger partial charge in [0, 0.05) is 6.54 Å². The molecule has 8 heteroatoms. The van der Waals surface area contributed by atoms with Gasteiger partial charge in [-0.1, -0.05) is 19.9 Å². The molecule has 0 unspecified atom stereocenters. The number of carbonyl (C=O) groups excluding carboxylic acids is 2. The number of hydrogen-bond donors (Lipinski definition) is 3. The number of ether oxygens (including phenoxy) is 2. The van der Waals surface area contributed by atoms with Crippen LogP contribution in [0.3, 0.4) is 0 Å². The summed E-state index contributed by atoms with van der Waals surface area (Å²) in [6.45, 7) is 8.88. The van der Waals surface area contributed by atoms with E-state index in [9.17, 15) is 14.7 Å². The van der Waals surface area contributed by atoms with Crippen molar-refractivity contribution in [3.63, 3.8) is 0 Å². The SMILES string of the molecule is CC1(C)C=COc2c(ccc3c2NC(=O)[C@@]32C[C@@]34NC(=O)[C@]5(CCCCN5[C@H]3O)C[C@H]4C2(C)C)O1. The van der Waals surface area contributed by atoms with Crippen molar-refractivity contribution in [1.82, 2.24) is 10.2 Å². The van der Waals surface area contributed by atoms with E-state index in [1.165, 1.54) is 0 Å². The topological polar surface area (TPSA) is 100 Å². The molecule has 3 spiro atoms. The van der Waals surface area contributed by atoms with Crippen molar-refractivity contribution in [2.24, 2.45) is 11.3 Å². The largest absolute Gasteiger partial charge is 0.480 e. The summed E-state index contributed by atoms with van der Waals surface area (Å²) in [5.74, 6) is 0.932. The number of nitrogens with one attached hydrogen (secondary N) is 2. The van der Waals surface area contributed by atoms with Crippen molar-refractivity contribution in [3.8, 4) is 11.5 Å². The Hall–Kier alpha value is -2.58. The second kappa shape index (κ2) is 6.21. The molecule has 7 aliphatic rings. The van der Waals surface area contributed by atoms with E-state index in [1.54, 1.807) is 6.26 Å². The summed E-state index contributed by atoms with van der Waals surface area (Å²) in [4.78, 5) is 29.6. The molecule has 5 atom stereocenters. The normalized spacial score (nSPS) is 41.6. The number of aliphatic hydroxyl groups is 1. The molecule has 0 radical (unpaired) electrons. The molecule has 6 aliphatic heterocycles. The lowest BCUT2D eigenvalue weighted by Crippen LogP contribution is -2.84. The molecule has 1 aromatic carbocycles. The lowest BCUT2D eigenvalue weighted by molar-refractivity contribution is -0.223. The van der Waals surface area contributed by atoms with Crippen molar-refractivity contribution in [1.29, 1.82) is 0 Å². The highest BCUT2D eigenvalue weighted by atomic mass is 16.5. The summed E-state index contributed by atoms with van der Waals surface area (Å²) in [7, 11) is 0. The summed E-state index contributed by atoms with van der Waals surface area (Å²) in [6, 6.07) is 3.86. The summed E-state index contributed by atoms with van der Waals surface area (Å²) in [5, 5.41) is 18.2. The van der Waals surface area contributed by atoms with Crippen LogP contribution in [0.2, 0.25) is 0 Å². The number of fused-ring (bicyclic) bond motifs is 5. The zero-order valence-electron chi connectivity index (χ0n) is 20.7. The highest BCUT2D eigenvalue weighted by Gasteiger charge is 2.80. The van der Waals surface area contributed by atoms with Crippen LogP contribution in [-0.4, -0.2) is 51.3 Å². The highest BCUT2D eigenvalue weighted by molar-refractivity contribution is 6.09. The van der Waals surface area contributed by atoms with Crippen LogP contribution in [-0.2, 0) is 15.0 Å². The monoisotopic (exact) mass is 479 g/mol. The van der Waals surface area contributed by atoms with Gasteiger partial charge >= 0.3 is 0 Å². The minimum atomic E-state index is -0.925. The van der Waals surface area contributed by atoms with Crippen molar-refractivity contribution >= 4 is 17.5 Å². The van der Waals surface area contributed by atoms with Crippen molar-refractivity contribution < 1.29 is 24.2 Å². The first kappa shape index (κ1) is 21.7. The molecule has 2 bridgehead atoms. The maximum atomic E-state index is 14.1. The van der Waals surface area contributed by atoms with Crippen LogP contribution in [0.1, 0.15) is 65.4 Å². The van der Waals surface area contributed by atoms with Crippen LogP contribution >= 0.6 is 0 Å². The van der Waals surface area contributed by atoms with Gasteiger partial charge in [-0.2, -0.15) is 0 Å². The fourth-order valence-corrected chi connectivity index (χ4v) is 8.53. The van der Waals surface area contributed by atoms with Gasteiger partial charge in [-0.05, 0) is 75.0 Å². The molecule has 1 aromatic rings.